The molecule has 0 saturated carbocycles. The van der Waals surface area contributed by atoms with Crippen LogP contribution in [0.4, 0.5) is 5.69 Å². The number of fused-ring (bicyclic) bond motifs is 2. The van der Waals surface area contributed by atoms with Gasteiger partial charge in [0.15, 0.2) is 6.61 Å². The maximum atomic E-state index is 14.0. The number of nitrogens with zero attached hydrogens (tertiary/aromatic N) is 2. The second kappa shape index (κ2) is 10.3. The Labute approximate surface area is 234 Å². The number of halogens is 2. The first-order valence-corrected chi connectivity index (χ1v) is 14.5. The van der Waals surface area contributed by atoms with Crippen molar-refractivity contribution in [3.05, 3.63) is 87.4 Å². The molecule has 1 spiro atoms. The number of benzene rings is 3. The smallest absolute Gasteiger partial charge is 0.341 e. The van der Waals surface area contributed by atoms with E-state index in [1.54, 1.807) is 47.4 Å². The summed E-state index contributed by atoms with van der Waals surface area (Å²) in [5.74, 6) is -0.695. The Morgan fingerprint density at radius 3 is 2.39 bits per heavy atom. The molecule has 0 bridgehead atoms. The Hall–Kier alpha value is -2.92. The van der Waals surface area contributed by atoms with E-state index in [1.165, 1.54) is 10.4 Å². The summed E-state index contributed by atoms with van der Waals surface area (Å²) in [6, 6.07) is 19.1. The molecule has 1 saturated heterocycles. The molecule has 2 aliphatic rings. The maximum absolute atomic E-state index is 14.0. The van der Waals surface area contributed by atoms with E-state index in [2.05, 4.69) is 15.9 Å². The van der Waals surface area contributed by atoms with Crippen LogP contribution in [0.3, 0.4) is 0 Å². The van der Waals surface area contributed by atoms with Gasteiger partial charge in [-0.15, -0.1) is 0 Å². The van der Waals surface area contributed by atoms with Crippen LogP contribution in [0.15, 0.2) is 76.1 Å². The van der Waals surface area contributed by atoms with Crippen molar-refractivity contribution in [2.75, 3.05) is 24.6 Å². The van der Waals surface area contributed by atoms with Crippen molar-refractivity contribution in [2.45, 2.75) is 29.7 Å². The van der Waals surface area contributed by atoms with Crippen LogP contribution in [0, 0.1) is 0 Å². The van der Waals surface area contributed by atoms with Crippen LogP contribution in [0.1, 0.15) is 24.0 Å². The van der Waals surface area contributed by atoms with E-state index in [9.17, 15) is 18.0 Å². The van der Waals surface area contributed by atoms with Gasteiger partial charge in [-0.2, -0.15) is 4.31 Å². The highest BCUT2D eigenvalue weighted by Gasteiger charge is 2.53. The molecule has 2 heterocycles. The highest BCUT2D eigenvalue weighted by molar-refractivity contribution is 9.10. The number of aliphatic carboxylic acids is 1. The number of piperidine rings is 1. The summed E-state index contributed by atoms with van der Waals surface area (Å²) in [4.78, 5) is 26.6. The quantitative estimate of drug-likeness (QED) is 0.406. The Kier molecular flexibility index (Phi) is 7.25. The summed E-state index contributed by atoms with van der Waals surface area (Å²) in [7, 11) is -3.80. The fourth-order valence-electron chi connectivity index (χ4n) is 5.17. The van der Waals surface area contributed by atoms with Crippen molar-refractivity contribution in [3.63, 3.8) is 0 Å². The number of hydrogen-bond donors (Lipinski definition) is 1. The highest BCUT2D eigenvalue weighted by atomic mass is 79.9. The molecule has 1 N–H and O–H groups in total. The molecule has 1 amide bonds. The van der Waals surface area contributed by atoms with Crippen molar-refractivity contribution < 1.29 is 27.9 Å². The predicted molar refractivity (Wildman–Crippen MR) is 146 cm³/mol. The molecular formula is C27H24BrClN2O6S. The van der Waals surface area contributed by atoms with E-state index in [4.69, 9.17) is 21.4 Å². The molecule has 0 aliphatic carbocycles. The van der Waals surface area contributed by atoms with Crippen LogP contribution in [0.25, 0.3) is 0 Å². The Morgan fingerprint density at radius 2 is 1.74 bits per heavy atom. The van der Waals surface area contributed by atoms with E-state index in [-0.39, 0.29) is 28.9 Å². The van der Waals surface area contributed by atoms with Crippen LogP contribution in [-0.4, -0.2) is 49.4 Å². The van der Waals surface area contributed by atoms with Crippen LogP contribution >= 0.6 is 27.5 Å². The average molecular weight is 620 g/mol. The lowest BCUT2D eigenvalue weighted by Crippen LogP contribution is -2.50. The third-order valence-electron chi connectivity index (χ3n) is 7.08. The number of hydrogen-bond acceptors (Lipinski definition) is 5. The van der Waals surface area contributed by atoms with Gasteiger partial charge in [-0.3, -0.25) is 4.79 Å². The van der Waals surface area contributed by atoms with Crippen molar-refractivity contribution in [2.24, 2.45) is 0 Å². The van der Waals surface area contributed by atoms with Gasteiger partial charge in [-0.1, -0.05) is 51.8 Å². The van der Waals surface area contributed by atoms with Gasteiger partial charge in [0.2, 0.25) is 15.9 Å². The van der Waals surface area contributed by atoms with Crippen LogP contribution in [0.5, 0.6) is 5.75 Å². The largest absolute Gasteiger partial charge is 0.482 e. The number of ether oxygens (including phenoxy) is 1. The van der Waals surface area contributed by atoms with Crippen molar-refractivity contribution in [1.29, 1.82) is 0 Å². The first-order chi connectivity index (χ1) is 18.1. The second-order valence-electron chi connectivity index (χ2n) is 9.30. The molecule has 5 rings (SSSR count). The molecule has 0 aromatic heterocycles. The standard InChI is InChI=1S/C27H24BrClN2O6S/c28-19-7-10-23-21(15-19)27(11-13-30(14-12-27)38(35,36)24-4-2-1-3-22(24)29)26(34)31(23)16-18-5-8-20(9-6-18)37-17-25(32)33/h1-10,15H,11-14,16-17H2,(H,32,33). The molecule has 1 fully saturated rings. The van der Waals surface area contributed by atoms with Crippen molar-refractivity contribution >= 4 is 55.1 Å². The van der Waals surface area contributed by atoms with Gasteiger partial charge in [-0.25, -0.2) is 13.2 Å². The number of carbonyl (C=O) groups is 2. The van der Waals surface area contributed by atoms with Gasteiger partial charge < -0.3 is 14.7 Å². The molecule has 8 nitrogen and oxygen atoms in total. The second-order valence-corrected chi connectivity index (χ2v) is 12.5. The molecule has 0 atom stereocenters. The Balaban J connectivity index is 1.39. The zero-order valence-corrected chi connectivity index (χ0v) is 23.3. The van der Waals surface area contributed by atoms with E-state index < -0.39 is 28.0 Å². The fraction of sp³-hybridized carbons (Fsp3) is 0.259. The number of carbonyl (C=O) groups excluding carboxylic acids is 1. The maximum Gasteiger partial charge on any atom is 0.341 e. The third kappa shape index (κ3) is 4.82. The van der Waals surface area contributed by atoms with Gasteiger partial charge in [0, 0.05) is 23.2 Å². The number of amides is 1. The number of carboxylic acids is 1. The first-order valence-electron chi connectivity index (χ1n) is 11.9. The summed E-state index contributed by atoms with van der Waals surface area (Å²) in [5, 5.41) is 8.97. The van der Waals surface area contributed by atoms with Crippen LogP contribution < -0.4 is 9.64 Å². The van der Waals surface area contributed by atoms with Gasteiger partial charge in [0.1, 0.15) is 10.6 Å². The van der Waals surface area contributed by atoms with E-state index >= 15 is 0 Å². The van der Waals surface area contributed by atoms with Gasteiger partial charge in [-0.05, 0) is 66.4 Å². The van der Waals surface area contributed by atoms with E-state index in [0.717, 1.165) is 21.3 Å². The summed E-state index contributed by atoms with van der Waals surface area (Å²) in [6.45, 7) is 0.261. The average Bonchev–Trinajstić information content (AvgIpc) is 3.10. The summed E-state index contributed by atoms with van der Waals surface area (Å²) < 4.78 is 34.1. The van der Waals surface area contributed by atoms with Crippen molar-refractivity contribution in [1.82, 2.24) is 4.31 Å². The number of anilines is 1. The Morgan fingerprint density at radius 1 is 1.05 bits per heavy atom. The Bertz CT molecular complexity index is 1500. The van der Waals surface area contributed by atoms with Crippen LogP contribution in [-0.2, 0) is 31.6 Å². The number of carboxylic acid groups (broad SMARTS) is 1. The zero-order chi connectivity index (χ0) is 27.1. The highest BCUT2D eigenvalue weighted by Crippen LogP contribution is 2.50. The van der Waals surface area contributed by atoms with Crippen molar-refractivity contribution in [3.8, 4) is 5.75 Å². The summed E-state index contributed by atoms with van der Waals surface area (Å²) in [6.07, 6.45) is 0.689. The molecule has 11 heteroatoms. The molecule has 0 unspecified atom stereocenters. The molecule has 3 aromatic carbocycles. The fourth-order valence-corrected chi connectivity index (χ4v) is 7.47. The zero-order valence-electron chi connectivity index (χ0n) is 20.1. The predicted octanol–water partition coefficient (Wildman–Crippen LogP) is 4.84. The SMILES string of the molecule is O=C(O)COc1ccc(CN2C(=O)C3(CCN(S(=O)(=O)c4ccccc4Cl)CC3)c3cc(Br)ccc32)cc1. The normalized spacial score (nSPS) is 17.0. The lowest BCUT2D eigenvalue weighted by atomic mass is 9.74. The molecule has 3 aromatic rings. The molecule has 0 radical (unpaired) electrons. The number of rotatable bonds is 7. The summed E-state index contributed by atoms with van der Waals surface area (Å²) >= 11 is 9.72. The molecular weight excluding hydrogens is 596 g/mol. The van der Waals surface area contributed by atoms with Crippen LogP contribution in [0.2, 0.25) is 5.02 Å². The van der Waals surface area contributed by atoms with E-state index in [0.29, 0.717) is 25.1 Å². The third-order valence-corrected chi connectivity index (χ3v) is 9.97. The molecule has 198 valence electrons. The number of sulfonamides is 1. The van der Waals surface area contributed by atoms with E-state index in [1.807, 2.05) is 18.2 Å². The molecule has 38 heavy (non-hydrogen) atoms. The van der Waals surface area contributed by atoms with Gasteiger partial charge in [0.25, 0.3) is 0 Å². The lowest BCUT2D eigenvalue weighted by molar-refractivity contribution is -0.139. The lowest BCUT2D eigenvalue weighted by Gasteiger charge is -2.38. The monoisotopic (exact) mass is 618 g/mol. The minimum absolute atomic E-state index is 0.0633. The minimum Gasteiger partial charge on any atom is -0.482 e. The molecule has 2 aliphatic heterocycles. The summed E-state index contributed by atoms with van der Waals surface area (Å²) in [5.41, 5.74) is 1.70. The van der Waals surface area contributed by atoms with Gasteiger partial charge in [0.05, 0.1) is 17.0 Å². The minimum atomic E-state index is -3.80. The van der Waals surface area contributed by atoms with Gasteiger partial charge >= 0.3 is 5.97 Å². The topological polar surface area (TPSA) is 104 Å². The first kappa shape index (κ1) is 26.7.